The molecule has 0 aliphatic carbocycles. The Bertz CT molecular complexity index is 1090. The van der Waals surface area contributed by atoms with Gasteiger partial charge in [-0.2, -0.15) is 13.2 Å². The molecule has 0 spiro atoms. The minimum Gasteiger partial charge on any atom is -0.440 e. The second-order valence-corrected chi connectivity index (χ2v) is 5.32. The Balaban J connectivity index is 1.85. The van der Waals surface area contributed by atoms with E-state index in [9.17, 15) is 31.5 Å². The van der Waals surface area contributed by atoms with Crippen LogP contribution in [0.5, 0.6) is 0 Å². The highest BCUT2D eigenvalue weighted by molar-refractivity contribution is 5.89. The quantitative estimate of drug-likeness (QED) is 0.494. The number of aromatic nitrogens is 3. The minimum atomic E-state index is -4.66. The zero-order valence-corrected chi connectivity index (χ0v) is 13.5. The fourth-order valence-electron chi connectivity index (χ4n) is 2.12. The Morgan fingerprint density at radius 3 is 2.57 bits per heavy atom. The van der Waals surface area contributed by atoms with Crippen LogP contribution in [-0.4, -0.2) is 20.7 Å². The van der Waals surface area contributed by atoms with Crippen LogP contribution in [0.15, 0.2) is 45.8 Å². The first kappa shape index (κ1) is 19.2. The summed E-state index contributed by atoms with van der Waals surface area (Å²) in [5, 5.41) is 3.33. The lowest BCUT2D eigenvalue weighted by atomic mass is 10.2. The normalized spacial score (nSPS) is 11.5. The van der Waals surface area contributed by atoms with Crippen LogP contribution in [0.2, 0.25) is 0 Å². The third-order valence-electron chi connectivity index (χ3n) is 3.48. The molecule has 2 heterocycles. The van der Waals surface area contributed by atoms with Crippen LogP contribution in [0.4, 0.5) is 22.0 Å². The van der Waals surface area contributed by atoms with Gasteiger partial charge in [-0.05, 0) is 30.3 Å². The molecule has 3 aromatic rings. The third-order valence-corrected chi connectivity index (χ3v) is 3.48. The molecule has 0 radical (unpaired) electrons. The van der Waals surface area contributed by atoms with Crippen molar-refractivity contribution in [3.8, 4) is 11.5 Å². The first-order valence-corrected chi connectivity index (χ1v) is 7.39. The average Bonchev–Trinajstić information content (AvgIpc) is 3.02. The van der Waals surface area contributed by atoms with E-state index < -0.39 is 47.7 Å². The number of esters is 1. The summed E-state index contributed by atoms with van der Waals surface area (Å²) in [7, 11) is 0. The summed E-state index contributed by atoms with van der Waals surface area (Å²) in [5.74, 6) is -5.13. The molecule has 146 valence electrons. The maximum atomic E-state index is 13.2. The van der Waals surface area contributed by atoms with Gasteiger partial charge in [0, 0.05) is 6.20 Å². The van der Waals surface area contributed by atoms with E-state index in [0.29, 0.717) is 22.8 Å². The molecule has 3 rings (SSSR count). The monoisotopic (exact) mass is 401 g/mol. The SMILES string of the molecule is O=C(OCn1c(-c2cc(C(F)(F)F)ccn2)noc1=O)c1ccc(F)c(F)c1. The van der Waals surface area contributed by atoms with E-state index in [1.165, 1.54) is 0 Å². The molecule has 2 aromatic heterocycles. The number of ether oxygens (including phenoxy) is 1. The van der Waals surface area contributed by atoms with Gasteiger partial charge in [-0.15, -0.1) is 0 Å². The first-order chi connectivity index (χ1) is 13.2. The molecule has 7 nitrogen and oxygen atoms in total. The summed E-state index contributed by atoms with van der Waals surface area (Å²) < 4.78 is 74.3. The van der Waals surface area contributed by atoms with Gasteiger partial charge < -0.3 is 4.74 Å². The summed E-state index contributed by atoms with van der Waals surface area (Å²) in [6.45, 7) is -0.812. The Kier molecular flexibility index (Phi) is 4.94. The van der Waals surface area contributed by atoms with E-state index in [4.69, 9.17) is 4.74 Å². The number of rotatable bonds is 4. The number of pyridine rings is 1. The van der Waals surface area contributed by atoms with Gasteiger partial charge in [0.1, 0.15) is 5.69 Å². The van der Waals surface area contributed by atoms with E-state index >= 15 is 0 Å². The van der Waals surface area contributed by atoms with Crippen LogP contribution in [0, 0.1) is 11.6 Å². The van der Waals surface area contributed by atoms with Gasteiger partial charge in [0.15, 0.2) is 18.4 Å². The number of benzene rings is 1. The van der Waals surface area contributed by atoms with Gasteiger partial charge in [-0.25, -0.2) is 22.9 Å². The van der Waals surface area contributed by atoms with Gasteiger partial charge in [0.2, 0.25) is 5.82 Å². The fraction of sp³-hybridized carbons (Fsp3) is 0.125. The van der Waals surface area contributed by atoms with E-state index in [1.54, 1.807) is 0 Å². The second kappa shape index (κ2) is 7.21. The van der Waals surface area contributed by atoms with Crippen molar-refractivity contribution in [2.24, 2.45) is 0 Å². The largest absolute Gasteiger partial charge is 0.444 e. The van der Waals surface area contributed by atoms with Crippen molar-refractivity contribution in [2.75, 3.05) is 0 Å². The van der Waals surface area contributed by atoms with Crippen LogP contribution in [0.25, 0.3) is 11.5 Å². The minimum absolute atomic E-state index is 0.345. The highest BCUT2D eigenvalue weighted by Gasteiger charge is 2.31. The zero-order valence-electron chi connectivity index (χ0n) is 13.5. The number of hydrogen-bond acceptors (Lipinski definition) is 6. The van der Waals surface area contributed by atoms with Crippen molar-refractivity contribution in [3.63, 3.8) is 0 Å². The number of carbonyl (C=O) groups is 1. The van der Waals surface area contributed by atoms with E-state index in [-0.39, 0.29) is 11.3 Å². The van der Waals surface area contributed by atoms with Gasteiger partial charge in [0.05, 0.1) is 11.1 Å². The maximum Gasteiger partial charge on any atom is 0.444 e. The topological polar surface area (TPSA) is 87.2 Å². The molecular formula is C16H8F5N3O4. The molecule has 1 aromatic carbocycles. The predicted octanol–water partition coefficient (Wildman–Crippen LogP) is 3.01. The number of hydrogen-bond donors (Lipinski definition) is 0. The maximum absolute atomic E-state index is 13.2. The Morgan fingerprint density at radius 2 is 1.89 bits per heavy atom. The standard InChI is InChI=1S/C16H8F5N3O4/c17-10-2-1-8(5-11(10)18)14(25)27-7-24-13(23-28-15(24)26)12-6-9(3-4-22-12)16(19,20)21/h1-6H,7H2. The Hall–Kier alpha value is -3.57. The molecule has 0 saturated carbocycles. The zero-order chi connectivity index (χ0) is 20.5. The lowest BCUT2D eigenvalue weighted by Gasteiger charge is -2.09. The van der Waals surface area contributed by atoms with Gasteiger partial charge >= 0.3 is 17.9 Å². The van der Waals surface area contributed by atoms with Crippen molar-refractivity contribution in [1.82, 2.24) is 14.7 Å². The van der Waals surface area contributed by atoms with E-state index in [0.717, 1.165) is 18.3 Å². The third kappa shape index (κ3) is 3.89. The number of halogens is 5. The lowest BCUT2D eigenvalue weighted by Crippen LogP contribution is -2.20. The molecule has 0 fully saturated rings. The Labute approximate surface area is 152 Å². The van der Waals surface area contributed by atoms with Crippen LogP contribution >= 0.6 is 0 Å². The molecule has 0 atom stereocenters. The van der Waals surface area contributed by atoms with E-state index in [2.05, 4.69) is 14.7 Å². The smallest absolute Gasteiger partial charge is 0.440 e. The summed E-state index contributed by atoms with van der Waals surface area (Å²) in [4.78, 5) is 27.3. The van der Waals surface area contributed by atoms with Crippen LogP contribution in [0.1, 0.15) is 15.9 Å². The Morgan fingerprint density at radius 1 is 1.14 bits per heavy atom. The molecule has 0 saturated heterocycles. The number of alkyl halides is 3. The summed E-state index contributed by atoms with van der Waals surface area (Å²) in [6, 6.07) is 3.59. The van der Waals surface area contributed by atoms with Gasteiger partial charge in [0.25, 0.3) is 0 Å². The molecule has 0 N–H and O–H groups in total. The lowest BCUT2D eigenvalue weighted by molar-refractivity contribution is -0.137. The van der Waals surface area contributed by atoms with Crippen LogP contribution < -0.4 is 5.76 Å². The van der Waals surface area contributed by atoms with Crippen molar-refractivity contribution in [3.05, 3.63) is 69.8 Å². The number of nitrogens with zero attached hydrogens (tertiary/aromatic N) is 3. The number of carbonyl (C=O) groups excluding carboxylic acids is 1. The highest BCUT2D eigenvalue weighted by Crippen LogP contribution is 2.30. The molecule has 12 heteroatoms. The molecular weight excluding hydrogens is 393 g/mol. The molecule has 0 aliphatic rings. The second-order valence-electron chi connectivity index (χ2n) is 5.32. The highest BCUT2D eigenvalue weighted by atomic mass is 19.4. The average molecular weight is 401 g/mol. The molecule has 0 unspecified atom stereocenters. The van der Waals surface area contributed by atoms with Gasteiger partial charge in [-0.1, -0.05) is 5.16 Å². The molecule has 0 bridgehead atoms. The van der Waals surface area contributed by atoms with Crippen molar-refractivity contribution in [1.29, 1.82) is 0 Å². The molecule has 0 amide bonds. The fourth-order valence-corrected chi connectivity index (χ4v) is 2.12. The van der Waals surface area contributed by atoms with Gasteiger partial charge in [-0.3, -0.25) is 9.51 Å². The van der Waals surface area contributed by atoms with Crippen LogP contribution in [0.3, 0.4) is 0 Å². The summed E-state index contributed by atoms with van der Waals surface area (Å²) in [5.41, 5.74) is -1.75. The molecule has 0 aliphatic heterocycles. The van der Waals surface area contributed by atoms with Crippen molar-refractivity contribution in [2.45, 2.75) is 12.9 Å². The van der Waals surface area contributed by atoms with Crippen molar-refractivity contribution < 1.29 is 36.0 Å². The van der Waals surface area contributed by atoms with Crippen LogP contribution in [-0.2, 0) is 17.6 Å². The predicted molar refractivity (Wildman–Crippen MR) is 80.8 cm³/mol. The van der Waals surface area contributed by atoms with E-state index in [1.807, 2.05) is 0 Å². The summed E-state index contributed by atoms with van der Waals surface area (Å²) in [6.07, 6.45) is -3.80. The first-order valence-electron chi connectivity index (χ1n) is 7.39. The molecule has 28 heavy (non-hydrogen) atoms. The summed E-state index contributed by atoms with van der Waals surface area (Å²) >= 11 is 0. The van der Waals surface area contributed by atoms with Crippen molar-refractivity contribution >= 4 is 5.97 Å².